The smallest absolute Gasteiger partial charge is 0.341 e. The molecule has 0 unspecified atom stereocenters. The van der Waals surface area contributed by atoms with Gasteiger partial charge in [0.05, 0.1) is 17.6 Å². The number of rotatable bonds is 7. The third-order valence-electron chi connectivity index (χ3n) is 5.20. The summed E-state index contributed by atoms with van der Waals surface area (Å²) >= 11 is 2.36. The molecule has 8 nitrogen and oxygen atoms in total. The standard InChI is InChI=1S/C23H21N3O5S2/c1-31-23(28)21-17-11-12-25(13-15-5-3-2-4-6-15)14-18(17)33-22(21)24-19(27)9-7-16-8-10-20(32-16)26(29)30/h2-10H,11-14H2,1H3,(H,24,27). The molecule has 0 atom stereocenters. The molecule has 2 aromatic heterocycles. The Morgan fingerprint density at radius 1 is 1.21 bits per heavy atom. The second-order valence-corrected chi connectivity index (χ2v) is 9.60. The van der Waals surface area contributed by atoms with Gasteiger partial charge in [-0.15, -0.1) is 11.3 Å². The van der Waals surface area contributed by atoms with Crippen LogP contribution < -0.4 is 5.32 Å². The molecule has 0 aliphatic carbocycles. The average molecular weight is 484 g/mol. The molecule has 0 bridgehead atoms. The van der Waals surface area contributed by atoms with E-state index in [1.165, 1.54) is 42.2 Å². The van der Waals surface area contributed by atoms with E-state index in [0.29, 0.717) is 28.4 Å². The van der Waals surface area contributed by atoms with Crippen LogP contribution in [0, 0.1) is 10.1 Å². The maximum Gasteiger partial charge on any atom is 0.341 e. The first-order valence-electron chi connectivity index (χ1n) is 10.2. The summed E-state index contributed by atoms with van der Waals surface area (Å²) in [7, 11) is 1.33. The molecule has 1 aliphatic rings. The molecule has 3 aromatic rings. The van der Waals surface area contributed by atoms with Crippen LogP contribution in [0.5, 0.6) is 0 Å². The minimum atomic E-state index is -0.475. The van der Waals surface area contributed by atoms with Crippen LogP contribution in [0.4, 0.5) is 10.0 Å². The number of thiophene rings is 2. The van der Waals surface area contributed by atoms with Gasteiger partial charge in [0.15, 0.2) is 0 Å². The Kier molecular flexibility index (Phi) is 6.97. The van der Waals surface area contributed by atoms with Gasteiger partial charge in [0.2, 0.25) is 5.91 Å². The van der Waals surface area contributed by atoms with Gasteiger partial charge in [-0.25, -0.2) is 4.79 Å². The molecule has 1 aliphatic heterocycles. The van der Waals surface area contributed by atoms with E-state index in [4.69, 9.17) is 4.74 Å². The van der Waals surface area contributed by atoms with Crippen molar-refractivity contribution in [3.63, 3.8) is 0 Å². The number of methoxy groups -OCH3 is 1. The van der Waals surface area contributed by atoms with Gasteiger partial charge in [-0.3, -0.25) is 19.8 Å². The van der Waals surface area contributed by atoms with Crippen LogP contribution in [0.2, 0.25) is 0 Å². The molecule has 0 fully saturated rings. The van der Waals surface area contributed by atoms with Gasteiger partial charge >= 0.3 is 11.0 Å². The second kappa shape index (κ2) is 10.1. The quantitative estimate of drug-likeness (QED) is 0.226. The number of nitro groups is 1. The molecule has 33 heavy (non-hydrogen) atoms. The van der Waals surface area contributed by atoms with Gasteiger partial charge in [-0.05, 0) is 29.7 Å². The van der Waals surface area contributed by atoms with Gasteiger partial charge in [0.1, 0.15) is 5.00 Å². The molecule has 1 amide bonds. The summed E-state index contributed by atoms with van der Waals surface area (Å²) in [5.41, 5.74) is 2.55. The lowest BCUT2D eigenvalue weighted by atomic mass is 10.0. The summed E-state index contributed by atoms with van der Waals surface area (Å²) in [5, 5.41) is 14.1. The summed E-state index contributed by atoms with van der Waals surface area (Å²) < 4.78 is 4.98. The molecule has 10 heteroatoms. The molecule has 170 valence electrons. The Labute approximate surface area is 198 Å². The summed E-state index contributed by atoms with van der Waals surface area (Å²) in [5.74, 6) is -0.895. The number of esters is 1. The molecule has 1 aromatic carbocycles. The first-order valence-corrected chi connectivity index (χ1v) is 11.8. The zero-order valence-electron chi connectivity index (χ0n) is 17.8. The predicted molar refractivity (Wildman–Crippen MR) is 129 cm³/mol. The Balaban J connectivity index is 1.50. The summed E-state index contributed by atoms with van der Waals surface area (Å²) in [6.07, 6.45) is 3.50. The minimum absolute atomic E-state index is 0.00836. The number of fused-ring (bicyclic) bond motifs is 1. The van der Waals surface area contributed by atoms with Crippen molar-refractivity contribution in [1.82, 2.24) is 4.90 Å². The fourth-order valence-electron chi connectivity index (χ4n) is 3.68. The van der Waals surface area contributed by atoms with Crippen LogP contribution in [0.25, 0.3) is 6.08 Å². The molecule has 0 saturated carbocycles. The van der Waals surface area contributed by atoms with E-state index >= 15 is 0 Å². The molecular formula is C23H21N3O5S2. The fraction of sp³-hybridized carbons (Fsp3) is 0.217. The highest BCUT2D eigenvalue weighted by molar-refractivity contribution is 7.17. The number of carbonyl (C=O) groups is 2. The third kappa shape index (κ3) is 5.36. The van der Waals surface area contributed by atoms with Crippen molar-refractivity contribution in [3.05, 3.63) is 85.1 Å². The maximum atomic E-state index is 12.5. The molecule has 0 radical (unpaired) electrons. The number of nitrogens with zero attached hydrogens (tertiary/aromatic N) is 2. The number of benzene rings is 1. The molecule has 1 N–H and O–H groups in total. The largest absolute Gasteiger partial charge is 0.465 e. The summed E-state index contributed by atoms with van der Waals surface area (Å²) in [4.78, 5) is 39.3. The lowest BCUT2D eigenvalue weighted by molar-refractivity contribution is -0.380. The highest BCUT2D eigenvalue weighted by Gasteiger charge is 2.29. The Morgan fingerprint density at radius 3 is 2.70 bits per heavy atom. The third-order valence-corrected chi connectivity index (χ3v) is 7.34. The molecule has 4 rings (SSSR count). The van der Waals surface area contributed by atoms with Crippen LogP contribution in [-0.2, 0) is 29.0 Å². The average Bonchev–Trinajstić information content (AvgIpc) is 3.42. The minimum Gasteiger partial charge on any atom is -0.465 e. The van der Waals surface area contributed by atoms with E-state index in [9.17, 15) is 19.7 Å². The fourth-order valence-corrected chi connectivity index (χ4v) is 5.69. The second-order valence-electron chi connectivity index (χ2n) is 7.40. The Hall–Kier alpha value is -3.34. The van der Waals surface area contributed by atoms with Crippen LogP contribution >= 0.6 is 22.7 Å². The zero-order valence-corrected chi connectivity index (χ0v) is 19.4. The Morgan fingerprint density at radius 2 is 2.00 bits per heavy atom. The number of hydrogen-bond acceptors (Lipinski definition) is 8. The topological polar surface area (TPSA) is 102 Å². The monoisotopic (exact) mass is 483 g/mol. The SMILES string of the molecule is COC(=O)c1c(NC(=O)C=Cc2ccc([N+](=O)[O-])s2)sc2c1CCN(Cc1ccccc1)C2. The lowest BCUT2D eigenvalue weighted by Crippen LogP contribution is -2.29. The van der Waals surface area contributed by atoms with Crippen molar-refractivity contribution in [2.75, 3.05) is 19.0 Å². The lowest BCUT2D eigenvalue weighted by Gasteiger charge is -2.27. The number of ether oxygens (including phenoxy) is 1. The first-order chi connectivity index (χ1) is 15.9. The summed E-state index contributed by atoms with van der Waals surface area (Å²) in [6.45, 7) is 2.29. The molecule has 0 spiro atoms. The number of hydrogen-bond donors (Lipinski definition) is 1. The maximum absolute atomic E-state index is 12.5. The van der Waals surface area contributed by atoms with Crippen molar-refractivity contribution in [2.24, 2.45) is 0 Å². The predicted octanol–water partition coefficient (Wildman–Crippen LogP) is 4.71. The van der Waals surface area contributed by atoms with E-state index in [1.807, 2.05) is 18.2 Å². The van der Waals surface area contributed by atoms with Crippen LogP contribution in [0.1, 0.15) is 31.2 Å². The van der Waals surface area contributed by atoms with Gasteiger partial charge in [-0.1, -0.05) is 41.7 Å². The van der Waals surface area contributed by atoms with E-state index in [-0.39, 0.29) is 5.00 Å². The van der Waals surface area contributed by atoms with Crippen LogP contribution in [-0.4, -0.2) is 35.4 Å². The van der Waals surface area contributed by atoms with Gasteiger partial charge < -0.3 is 10.1 Å². The highest BCUT2D eigenvalue weighted by atomic mass is 32.1. The molecule has 3 heterocycles. The van der Waals surface area contributed by atoms with E-state index < -0.39 is 16.8 Å². The van der Waals surface area contributed by atoms with Crippen molar-refractivity contribution in [2.45, 2.75) is 19.5 Å². The Bertz CT molecular complexity index is 1220. The van der Waals surface area contributed by atoms with Gasteiger partial charge in [0, 0.05) is 41.5 Å². The first kappa shape index (κ1) is 22.8. The molecule has 0 saturated heterocycles. The van der Waals surface area contributed by atoms with E-state index in [1.54, 1.807) is 6.07 Å². The normalized spacial score (nSPS) is 13.6. The molecular weight excluding hydrogens is 462 g/mol. The van der Waals surface area contributed by atoms with E-state index in [2.05, 4.69) is 22.3 Å². The number of carbonyl (C=O) groups excluding carboxylic acids is 2. The van der Waals surface area contributed by atoms with Crippen molar-refractivity contribution >= 4 is 50.6 Å². The highest BCUT2D eigenvalue weighted by Crippen LogP contribution is 2.38. The van der Waals surface area contributed by atoms with Crippen LogP contribution in [0.3, 0.4) is 0 Å². The van der Waals surface area contributed by atoms with E-state index in [0.717, 1.165) is 34.9 Å². The van der Waals surface area contributed by atoms with Crippen molar-refractivity contribution in [1.29, 1.82) is 0 Å². The number of amides is 1. The number of nitrogens with one attached hydrogen (secondary N) is 1. The van der Waals surface area contributed by atoms with Crippen molar-refractivity contribution < 1.29 is 19.2 Å². The van der Waals surface area contributed by atoms with Gasteiger partial charge in [0.25, 0.3) is 0 Å². The zero-order chi connectivity index (χ0) is 23.4. The van der Waals surface area contributed by atoms with Crippen LogP contribution in [0.15, 0.2) is 48.5 Å². The van der Waals surface area contributed by atoms with Gasteiger partial charge in [-0.2, -0.15) is 0 Å². The number of anilines is 1. The van der Waals surface area contributed by atoms with Crippen molar-refractivity contribution in [3.8, 4) is 0 Å². The summed E-state index contributed by atoms with van der Waals surface area (Å²) in [6, 6.07) is 13.2.